The van der Waals surface area contributed by atoms with E-state index >= 15 is 0 Å². The van der Waals surface area contributed by atoms with Crippen molar-refractivity contribution in [2.45, 2.75) is 19.3 Å². The molecule has 0 saturated carbocycles. The van der Waals surface area contributed by atoms with E-state index in [-0.39, 0.29) is 31.2 Å². The molecule has 0 aliphatic carbocycles. The van der Waals surface area contributed by atoms with Gasteiger partial charge in [-0.25, -0.2) is 4.79 Å². The number of hydrogen-bond acceptors (Lipinski definition) is 9. The number of benzene rings is 2. The number of anilines is 1. The number of carbonyl (C=O) groups excluding carboxylic acids is 3. The molecule has 1 aliphatic heterocycles. The summed E-state index contributed by atoms with van der Waals surface area (Å²) in [5.41, 5.74) is 1.91. The minimum absolute atomic E-state index is 0.118. The fourth-order valence-corrected chi connectivity index (χ4v) is 4.27. The van der Waals surface area contributed by atoms with Gasteiger partial charge in [0.15, 0.2) is 23.1 Å². The second-order valence-electron chi connectivity index (χ2n) is 9.41. The Morgan fingerprint density at radius 2 is 1.49 bits per heavy atom. The molecule has 0 aromatic heterocycles. The molecule has 41 heavy (non-hydrogen) atoms. The van der Waals surface area contributed by atoms with E-state index in [9.17, 15) is 14.4 Å². The zero-order valence-electron chi connectivity index (χ0n) is 23.8. The van der Waals surface area contributed by atoms with Gasteiger partial charge in [0.2, 0.25) is 0 Å². The van der Waals surface area contributed by atoms with Gasteiger partial charge in [-0.2, -0.15) is 0 Å². The largest absolute Gasteiger partial charge is 0.495 e. The summed E-state index contributed by atoms with van der Waals surface area (Å²) in [6, 6.07) is 10.3. The highest BCUT2D eigenvalue weighted by molar-refractivity contribution is 6.11. The van der Waals surface area contributed by atoms with E-state index in [0.29, 0.717) is 40.7 Å². The maximum Gasteiger partial charge on any atom is 0.414 e. The van der Waals surface area contributed by atoms with Crippen molar-refractivity contribution in [3.05, 3.63) is 59.7 Å². The smallest absolute Gasteiger partial charge is 0.414 e. The van der Waals surface area contributed by atoms with Crippen LogP contribution < -0.4 is 19.1 Å². The number of aliphatic hydroxyl groups excluding tert-OH is 1. The number of ketones is 2. The van der Waals surface area contributed by atoms with Crippen LogP contribution in [0.5, 0.6) is 17.2 Å². The van der Waals surface area contributed by atoms with Crippen LogP contribution in [0.25, 0.3) is 12.2 Å². The van der Waals surface area contributed by atoms with Gasteiger partial charge in [-0.05, 0) is 73.5 Å². The summed E-state index contributed by atoms with van der Waals surface area (Å²) >= 11 is 0. The molecule has 1 heterocycles. The fourth-order valence-electron chi connectivity index (χ4n) is 4.27. The molecule has 0 atom stereocenters. The minimum atomic E-state index is -0.475. The highest BCUT2D eigenvalue weighted by Gasteiger charge is 2.18. The molecule has 2 aromatic carbocycles. The Balaban J connectivity index is 1.53. The predicted molar refractivity (Wildman–Crippen MR) is 157 cm³/mol. The first-order valence-corrected chi connectivity index (χ1v) is 13.5. The Bertz CT molecular complexity index is 1250. The summed E-state index contributed by atoms with van der Waals surface area (Å²) in [4.78, 5) is 40.9. The number of carbonyl (C=O) groups is 3. The summed E-state index contributed by atoms with van der Waals surface area (Å²) in [5, 5.41) is 8.92. The third kappa shape index (κ3) is 9.77. The van der Waals surface area contributed by atoms with E-state index in [2.05, 4.69) is 4.90 Å². The fraction of sp³-hybridized carbons (Fsp3) is 0.387. The van der Waals surface area contributed by atoms with Gasteiger partial charge in [0.25, 0.3) is 0 Å². The van der Waals surface area contributed by atoms with Crippen LogP contribution in [0.2, 0.25) is 0 Å². The molecule has 1 N–H and O–H groups in total. The van der Waals surface area contributed by atoms with Gasteiger partial charge in [-0.15, -0.1) is 0 Å². The topological polar surface area (TPSA) is 115 Å². The van der Waals surface area contributed by atoms with Crippen molar-refractivity contribution >= 4 is 35.5 Å². The lowest BCUT2D eigenvalue weighted by molar-refractivity contribution is -0.121. The van der Waals surface area contributed by atoms with Crippen LogP contribution in [0.4, 0.5) is 10.5 Å². The van der Waals surface area contributed by atoms with Crippen molar-refractivity contribution in [3.63, 3.8) is 0 Å². The Morgan fingerprint density at radius 3 is 2.10 bits per heavy atom. The first-order chi connectivity index (χ1) is 19.8. The van der Waals surface area contributed by atoms with Crippen molar-refractivity contribution in [2.24, 2.45) is 0 Å². The van der Waals surface area contributed by atoms with Crippen molar-refractivity contribution < 1.29 is 38.4 Å². The number of allylic oxidation sites excluding steroid dienone is 2. The molecule has 2 aromatic rings. The van der Waals surface area contributed by atoms with E-state index in [0.717, 1.165) is 19.6 Å². The maximum atomic E-state index is 12.5. The number of methoxy groups -OCH3 is 2. The molecule has 1 aliphatic rings. The van der Waals surface area contributed by atoms with Crippen LogP contribution in [0.3, 0.4) is 0 Å². The summed E-state index contributed by atoms with van der Waals surface area (Å²) in [6.07, 6.45) is 7.46. The third-order valence-corrected chi connectivity index (χ3v) is 6.48. The predicted octanol–water partition coefficient (Wildman–Crippen LogP) is 4.00. The van der Waals surface area contributed by atoms with Crippen LogP contribution in [-0.2, 0) is 14.3 Å². The molecular formula is C31H38N2O8. The Labute approximate surface area is 240 Å². The molecule has 1 fully saturated rings. The second-order valence-corrected chi connectivity index (χ2v) is 9.41. The van der Waals surface area contributed by atoms with Gasteiger partial charge in [0, 0.05) is 13.6 Å². The molecular weight excluding hydrogens is 528 g/mol. The lowest BCUT2D eigenvalue weighted by Gasteiger charge is -2.21. The molecule has 0 bridgehead atoms. The highest BCUT2D eigenvalue weighted by Crippen LogP contribution is 2.30. The monoisotopic (exact) mass is 566 g/mol. The summed E-state index contributed by atoms with van der Waals surface area (Å²) < 4.78 is 21.6. The zero-order chi connectivity index (χ0) is 29.6. The van der Waals surface area contributed by atoms with Crippen molar-refractivity contribution in [3.8, 4) is 17.2 Å². The van der Waals surface area contributed by atoms with Gasteiger partial charge in [0.05, 0.1) is 32.9 Å². The number of amides is 1. The molecule has 1 amide bonds. The third-order valence-electron chi connectivity index (χ3n) is 6.48. The van der Waals surface area contributed by atoms with Crippen molar-refractivity contribution in [1.29, 1.82) is 0 Å². The molecule has 3 rings (SSSR count). The van der Waals surface area contributed by atoms with Crippen molar-refractivity contribution in [2.75, 3.05) is 65.6 Å². The molecule has 1 saturated heterocycles. The van der Waals surface area contributed by atoms with Gasteiger partial charge in [-0.3, -0.25) is 19.4 Å². The average Bonchev–Trinajstić information content (AvgIpc) is 3.51. The van der Waals surface area contributed by atoms with Crippen molar-refractivity contribution in [1.82, 2.24) is 4.90 Å². The molecule has 10 nitrogen and oxygen atoms in total. The standard InChI is InChI=1S/C31H38N2O8/c1-32(31(37)41-18-16-33-14-4-5-15-33)27-12-8-23(20-29(27)38-2)6-10-25(35)22-26(36)11-7-24-9-13-28(40-19-17-34)30(21-24)39-3/h6-13,20-21,34H,4-5,14-19,22H2,1-3H3/b10-6+,11-7+. The summed E-state index contributed by atoms with van der Waals surface area (Å²) in [6.45, 7) is 3.14. The van der Waals surface area contributed by atoms with E-state index in [1.54, 1.807) is 55.6 Å². The number of rotatable bonds is 15. The van der Waals surface area contributed by atoms with Crippen LogP contribution >= 0.6 is 0 Å². The van der Waals surface area contributed by atoms with Crippen LogP contribution in [-0.4, -0.2) is 88.4 Å². The van der Waals surface area contributed by atoms with E-state index in [1.807, 2.05) is 0 Å². The molecule has 0 radical (unpaired) electrons. The molecule has 10 heteroatoms. The Morgan fingerprint density at radius 1 is 0.878 bits per heavy atom. The van der Waals surface area contributed by atoms with E-state index < -0.39 is 6.09 Å². The van der Waals surface area contributed by atoms with Gasteiger partial charge < -0.3 is 24.1 Å². The Kier molecular flexibility index (Phi) is 12.4. The quantitative estimate of drug-likeness (QED) is 0.252. The number of nitrogens with zero attached hydrogens (tertiary/aromatic N) is 2. The van der Waals surface area contributed by atoms with Crippen LogP contribution in [0, 0.1) is 0 Å². The zero-order valence-corrected chi connectivity index (χ0v) is 23.8. The first-order valence-electron chi connectivity index (χ1n) is 13.5. The lowest BCUT2D eigenvalue weighted by atomic mass is 10.1. The van der Waals surface area contributed by atoms with Gasteiger partial charge >= 0.3 is 6.09 Å². The number of likely N-dealkylation sites (tertiary alicyclic amines) is 1. The average molecular weight is 567 g/mol. The van der Waals surface area contributed by atoms with E-state index in [4.69, 9.17) is 24.1 Å². The maximum absolute atomic E-state index is 12.5. The number of hydrogen-bond donors (Lipinski definition) is 1. The SMILES string of the molecule is COc1cc(/C=C/C(=O)CC(=O)/C=C/c2ccc(N(C)C(=O)OCCN3CCCC3)c(OC)c2)ccc1OCCO. The normalized spacial score (nSPS) is 13.5. The van der Waals surface area contributed by atoms with Gasteiger partial charge in [-0.1, -0.05) is 24.3 Å². The minimum Gasteiger partial charge on any atom is -0.495 e. The first kappa shape index (κ1) is 31.4. The molecule has 220 valence electrons. The molecule has 0 unspecified atom stereocenters. The number of aliphatic hydroxyl groups is 1. The van der Waals surface area contributed by atoms with E-state index in [1.165, 1.54) is 44.1 Å². The summed E-state index contributed by atoms with van der Waals surface area (Å²) in [5.74, 6) is 0.688. The lowest BCUT2D eigenvalue weighted by Crippen LogP contribution is -2.31. The second kappa shape index (κ2) is 16.2. The summed E-state index contributed by atoms with van der Waals surface area (Å²) in [7, 11) is 4.61. The highest BCUT2D eigenvalue weighted by atomic mass is 16.6. The molecule has 0 spiro atoms. The number of ether oxygens (including phenoxy) is 4. The van der Waals surface area contributed by atoms with Gasteiger partial charge in [0.1, 0.15) is 19.0 Å². The Hall–Kier alpha value is -4.15. The van der Waals surface area contributed by atoms with Crippen LogP contribution in [0.15, 0.2) is 48.6 Å². The van der Waals surface area contributed by atoms with Crippen LogP contribution in [0.1, 0.15) is 30.4 Å².